The largest absolute Gasteiger partial charge is 0.501 e. The van der Waals surface area contributed by atoms with Crippen molar-refractivity contribution >= 4 is 23.4 Å². The van der Waals surface area contributed by atoms with Crippen molar-refractivity contribution in [3.05, 3.63) is 47.7 Å². The molecule has 1 aromatic rings. The number of carbonyl (C=O) groups excluding carboxylic acids is 1. The highest BCUT2D eigenvalue weighted by Gasteiger charge is 2.37. The van der Waals surface area contributed by atoms with Crippen LogP contribution in [0.3, 0.4) is 0 Å². The lowest BCUT2D eigenvalue weighted by Crippen LogP contribution is -2.45. The molecule has 2 N–H and O–H groups in total. The first-order valence-electron chi connectivity index (χ1n) is 9.84. The quantitative estimate of drug-likeness (QED) is 0.530. The number of hydrogen-bond acceptors (Lipinski definition) is 5. The molecule has 0 aromatic heterocycles. The van der Waals surface area contributed by atoms with Crippen LogP contribution in [0.15, 0.2) is 52.6 Å². The average molecular weight is 407 g/mol. The van der Waals surface area contributed by atoms with Crippen LogP contribution in [0.2, 0.25) is 0 Å². The molecule has 1 aliphatic heterocycles. The maximum absolute atomic E-state index is 13.0. The molecule has 156 valence electrons. The highest BCUT2D eigenvalue weighted by atomic mass is 32.2. The second-order valence-electron chi connectivity index (χ2n) is 6.12. The first kappa shape index (κ1) is 24.3. The highest BCUT2D eigenvalue weighted by Crippen LogP contribution is 2.41. The fourth-order valence-corrected chi connectivity index (χ4v) is 4.20. The van der Waals surface area contributed by atoms with Crippen molar-refractivity contribution in [1.82, 2.24) is 5.32 Å². The highest BCUT2D eigenvalue weighted by molar-refractivity contribution is 8.00. The van der Waals surface area contributed by atoms with E-state index in [1.54, 1.807) is 23.8 Å². The summed E-state index contributed by atoms with van der Waals surface area (Å²) in [5, 5.41) is 13.6. The SMILES string of the molecule is CC.CC/C(=C\C=C(/C)OC)C1Sc2ccccc2N(CCNC)C(=O)C1O. The van der Waals surface area contributed by atoms with Crippen LogP contribution < -0.4 is 10.2 Å². The number of nitrogens with zero attached hydrogens (tertiary/aromatic N) is 1. The normalized spacial score (nSPS) is 20.1. The molecule has 0 aliphatic carbocycles. The van der Waals surface area contributed by atoms with E-state index < -0.39 is 6.10 Å². The van der Waals surface area contributed by atoms with Gasteiger partial charge in [0.2, 0.25) is 0 Å². The molecule has 2 rings (SSSR count). The van der Waals surface area contributed by atoms with E-state index in [1.807, 2.05) is 71.2 Å². The summed E-state index contributed by atoms with van der Waals surface area (Å²) in [5.74, 6) is 0.529. The van der Waals surface area contributed by atoms with Crippen LogP contribution in [-0.4, -0.2) is 49.6 Å². The Hall–Kier alpha value is -1.76. The maximum Gasteiger partial charge on any atom is 0.257 e. The van der Waals surface area contributed by atoms with Crippen molar-refractivity contribution in [3.63, 3.8) is 0 Å². The van der Waals surface area contributed by atoms with Gasteiger partial charge in [0, 0.05) is 18.0 Å². The van der Waals surface area contributed by atoms with Crippen LogP contribution in [0.25, 0.3) is 0 Å². The van der Waals surface area contributed by atoms with Gasteiger partial charge in [0.05, 0.1) is 23.8 Å². The number of nitrogens with one attached hydrogen (secondary N) is 1. The van der Waals surface area contributed by atoms with E-state index in [4.69, 9.17) is 4.74 Å². The third-order valence-corrected chi connectivity index (χ3v) is 5.84. The topological polar surface area (TPSA) is 61.8 Å². The summed E-state index contributed by atoms with van der Waals surface area (Å²) in [6, 6.07) is 7.84. The number of hydrogen-bond donors (Lipinski definition) is 2. The fraction of sp³-hybridized carbons (Fsp3) is 0.500. The van der Waals surface area contributed by atoms with Gasteiger partial charge in [0.15, 0.2) is 0 Å². The first-order chi connectivity index (χ1) is 13.5. The number of carbonyl (C=O) groups is 1. The van der Waals surface area contributed by atoms with Crippen molar-refractivity contribution in [3.8, 4) is 0 Å². The number of methoxy groups -OCH3 is 1. The second kappa shape index (κ2) is 12.6. The standard InChI is InChI=1S/C20H28N2O3S.C2H6/c1-5-15(11-10-14(2)25-4)19-18(23)20(24)22(13-12-21-3)16-8-6-7-9-17(16)26-19;1-2/h6-11,18-19,21,23H,5,12-13H2,1-4H3;1-2H3/b14-10+,15-11+;. The van der Waals surface area contributed by atoms with Crippen molar-refractivity contribution in [1.29, 1.82) is 0 Å². The first-order valence-corrected chi connectivity index (χ1v) is 10.7. The molecule has 0 saturated heterocycles. The van der Waals surface area contributed by atoms with E-state index in [9.17, 15) is 9.90 Å². The smallest absolute Gasteiger partial charge is 0.257 e. The van der Waals surface area contributed by atoms with Crippen molar-refractivity contribution in [2.75, 3.05) is 32.1 Å². The Balaban J connectivity index is 0.00000190. The third kappa shape index (κ3) is 6.12. The van der Waals surface area contributed by atoms with Gasteiger partial charge in [-0.2, -0.15) is 0 Å². The minimum absolute atomic E-state index is 0.255. The van der Waals surface area contributed by atoms with Gasteiger partial charge in [-0.25, -0.2) is 0 Å². The number of para-hydroxylation sites is 1. The number of allylic oxidation sites excluding steroid dienone is 3. The number of ether oxygens (including phenoxy) is 1. The minimum Gasteiger partial charge on any atom is -0.501 e. The molecule has 2 unspecified atom stereocenters. The molecule has 1 aliphatic rings. The number of thioether (sulfide) groups is 1. The summed E-state index contributed by atoms with van der Waals surface area (Å²) in [5.41, 5.74) is 1.87. The lowest BCUT2D eigenvalue weighted by atomic mass is 10.0. The van der Waals surface area contributed by atoms with E-state index in [1.165, 1.54) is 0 Å². The number of aliphatic hydroxyl groups is 1. The number of benzene rings is 1. The summed E-state index contributed by atoms with van der Waals surface area (Å²) in [6.45, 7) is 9.09. The lowest BCUT2D eigenvalue weighted by molar-refractivity contribution is -0.126. The molecule has 6 heteroatoms. The van der Waals surface area contributed by atoms with Gasteiger partial charge in [0.1, 0.15) is 6.10 Å². The molecular formula is C22H34N2O3S. The molecule has 1 heterocycles. The van der Waals surface area contributed by atoms with Crippen molar-refractivity contribution in [2.45, 2.75) is 50.4 Å². The van der Waals surface area contributed by atoms with E-state index in [2.05, 4.69) is 5.32 Å². The summed E-state index contributed by atoms with van der Waals surface area (Å²) in [6.07, 6.45) is 3.49. The zero-order valence-corrected chi connectivity index (χ0v) is 18.7. The molecule has 1 aromatic carbocycles. The van der Waals surface area contributed by atoms with Gasteiger partial charge in [0.25, 0.3) is 5.91 Å². The third-order valence-electron chi connectivity index (χ3n) is 4.43. The number of aliphatic hydroxyl groups excluding tert-OH is 1. The van der Waals surface area contributed by atoms with Crippen LogP contribution in [0.5, 0.6) is 0 Å². The van der Waals surface area contributed by atoms with E-state index in [0.717, 1.165) is 28.3 Å². The Morgan fingerprint density at radius 1 is 1.32 bits per heavy atom. The van der Waals surface area contributed by atoms with E-state index in [-0.39, 0.29) is 11.2 Å². The minimum atomic E-state index is -1.09. The van der Waals surface area contributed by atoms with Crippen molar-refractivity contribution < 1.29 is 14.6 Å². The number of amides is 1. The van der Waals surface area contributed by atoms with Gasteiger partial charge in [-0.1, -0.05) is 44.6 Å². The number of likely N-dealkylation sites (N-methyl/N-ethyl adjacent to an activating group) is 1. The molecule has 2 atom stereocenters. The van der Waals surface area contributed by atoms with Crippen LogP contribution in [0.4, 0.5) is 5.69 Å². The van der Waals surface area contributed by atoms with Gasteiger partial charge in [-0.3, -0.25) is 4.79 Å². The molecule has 5 nitrogen and oxygen atoms in total. The van der Waals surface area contributed by atoms with Crippen molar-refractivity contribution in [2.24, 2.45) is 0 Å². The van der Waals surface area contributed by atoms with Gasteiger partial charge < -0.3 is 20.1 Å². The molecule has 0 fully saturated rings. The summed E-state index contributed by atoms with van der Waals surface area (Å²) >= 11 is 1.55. The van der Waals surface area contributed by atoms with Gasteiger partial charge in [-0.15, -0.1) is 11.8 Å². The number of rotatable bonds is 7. The maximum atomic E-state index is 13.0. The molecule has 0 saturated carbocycles. The van der Waals surface area contributed by atoms with Crippen LogP contribution >= 0.6 is 11.8 Å². The zero-order valence-electron chi connectivity index (χ0n) is 17.9. The molecule has 1 amide bonds. The average Bonchev–Trinajstić information content (AvgIpc) is 2.84. The van der Waals surface area contributed by atoms with E-state index >= 15 is 0 Å². The Bertz CT molecular complexity index is 688. The Morgan fingerprint density at radius 2 is 2.00 bits per heavy atom. The summed E-state index contributed by atoms with van der Waals surface area (Å²) in [4.78, 5) is 15.7. The van der Waals surface area contributed by atoms with E-state index in [0.29, 0.717) is 13.1 Å². The zero-order chi connectivity index (χ0) is 21.1. The van der Waals surface area contributed by atoms with Crippen LogP contribution in [-0.2, 0) is 9.53 Å². The molecule has 28 heavy (non-hydrogen) atoms. The van der Waals surface area contributed by atoms with Crippen LogP contribution in [0.1, 0.15) is 34.1 Å². The molecule has 0 radical (unpaired) electrons. The Kier molecular flexibility index (Phi) is 11.0. The predicted molar refractivity (Wildman–Crippen MR) is 119 cm³/mol. The van der Waals surface area contributed by atoms with Gasteiger partial charge in [-0.05, 0) is 38.6 Å². The Morgan fingerprint density at radius 3 is 2.61 bits per heavy atom. The molecule has 0 bridgehead atoms. The monoisotopic (exact) mass is 406 g/mol. The summed E-state index contributed by atoms with van der Waals surface area (Å²) in [7, 11) is 3.48. The molecular weight excluding hydrogens is 372 g/mol. The number of anilines is 1. The Labute approximate surface area is 173 Å². The summed E-state index contributed by atoms with van der Waals surface area (Å²) < 4.78 is 5.19. The van der Waals surface area contributed by atoms with Gasteiger partial charge >= 0.3 is 0 Å². The number of fused-ring (bicyclic) bond motifs is 1. The predicted octanol–water partition coefficient (Wildman–Crippen LogP) is 3.99. The lowest BCUT2D eigenvalue weighted by Gasteiger charge is -2.25. The second-order valence-corrected chi connectivity index (χ2v) is 7.30. The van der Waals surface area contributed by atoms with Crippen LogP contribution in [0, 0.1) is 0 Å². The molecule has 0 spiro atoms. The fourth-order valence-electron chi connectivity index (χ4n) is 2.83.